The van der Waals surface area contributed by atoms with Gasteiger partial charge < -0.3 is 9.47 Å². The van der Waals surface area contributed by atoms with Crippen LogP contribution < -0.4 is 4.90 Å². The van der Waals surface area contributed by atoms with E-state index in [0.717, 1.165) is 28.2 Å². The minimum Gasteiger partial charge on any atom is -0.310 e. The number of aromatic nitrogens is 1. The van der Waals surface area contributed by atoms with Gasteiger partial charge >= 0.3 is 0 Å². The summed E-state index contributed by atoms with van der Waals surface area (Å²) in [6.07, 6.45) is 0. The Morgan fingerprint density at radius 2 is 0.776 bits per heavy atom. The maximum atomic E-state index is 2.58. The molecule has 0 unspecified atom stereocenters. The van der Waals surface area contributed by atoms with Crippen LogP contribution in [0.1, 0.15) is 44.5 Å². The van der Waals surface area contributed by atoms with Gasteiger partial charge in [0.15, 0.2) is 0 Å². The Kier molecular flexibility index (Phi) is 9.20. The largest absolute Gasteiger partial charge is 0.310 e. The molecule has 0 amide bonds. The van der Waals surface area contributed by atoms with Gasteiger partial charge in [0, 0.05) is 27.7 Å². The topological polar surface area (TPSA) is 8.17 Å². The van der Waals surface area contributed by atoms with Crippen LogP contribution in [-0.2, 0) is 10.8 Å². The zero-order valence-corrected chi connectivity index (χ0v) is 41.6. The lowest BCUT2D eigenvalue weighted by Crippen LogP contribution is -2.33. The van der Waals surface area contributed by atoms with Crippen LogP contribution in [-0.4, -0.2) is 4.57 Å². The molecule has 1 spiro atoms. The predicted molar refractivity (Wildman–Crippen MR) is 315 cm³/mol. The van der Waals surface area contributed by atoms with E-state index in [9.17, 15) is 0 Å². The van der Waals surface area contributed by atoms with Crippen molar-refractivity contribution >= 4 is 38.9 Å². The SMILES string of the molecule is c1ccc(-c2cccc(-c3ccccc3N(c3ccc4c(c3)C(c3ccccc3)(c3ccccc3)c3ccccc3-4)c3cc4c5c(c3)c3ccccc3n5-c3ccccc3C43c4ccccc4-c4ccccc43)c2)cc1. The zero-order chi connectivity index (χ0) is 50.0. The highest BCUT2D eigenvalue weighted by molar-refractivity contribution is 6.14. The van der Waals surface area contributed by atoms with E-state index >= 15 is 0 Å². The van der Waals surface area contributed by atoms with Crippen molar-refractivity contribution in [3.8, 4) is 50.2 Å². The molecule has 0 atom stereocenters. The molecule has 0 saturated carbocycles. The van der Waals surface area contributed by atoms with Gasteiger partial charge in [-0.3, -0.25) is 0 Å². The Bertz CT molecular complexity index is 4380. The molecule has 354 valence electrons. The van der Waals surface area contributed by atoms with Crippen LogP contribution in [0.15, 0.2) is 291 Å². The second kappa shape index (κ2) is 16.4. The molecule has 3 aliphatic rings. The van der Waals surface area contributed by atoms with Gasteiger partial charge in [-0.15, -0.1) is 0 Å². The summed E-state index contributed by atoms with van der Waals surface area (Å²) in [6, 6.07) is 109. The van der Waals surface area contributed by atoms with E-state index < -0.39 is 10.8 Å². The van der Waals surface area contributed by atoms with Crippen LogP contribution in [0.25, 0.3) is 72.0 Å². The molecule has 2 nitrogen and oxygen atoms in total. The molecular weight excluding hydrogens is 917 g/mol. The van der Waals surface area contributed by atoms with E-state index in [-0.39, 0.29) is 0 Å². The molecule has 76 heavy (non-hydrogen) atoms. The molecule has 2 heterocycles. The average molecular weight is 965 g/mol. The number of nitrogens with zero attached hydrogens (tertiary/aromatic N) is 2. The molecule has 1 aromatic heterocycles. The summed E-state index contributed by atoms with van der Waals surface area (Å²) in [5.41, 5.74) is 25.7. The molecule has 16 rings (SSSR count). The summed E-state index contributed by atoms with van der Waals surface area (Å²) in [6.45, 7) is 0. The van der Waals surface area contributed by atoms with Gasteiger partial charge in [0.05, 0.1) is 33.2 Å². The van der Waals surface area contributed by atoms with Crippen LogP contribution in [0.2, 0.25) is 0 Å². The van der Waals surface area contributed by atoms with Crippen molar-refractivity contribution in [1.29, 1.82) is 0 Å². The summed E-state index contributed by atoms with van der Waals surface area (Å²) in [5.74, 6) is 0. The summed E-state index contributed by atoms with van der Waals surface area (Å²) >= 11 is 0. The summed E-state index contributed by atoms with van der Waals surface area (Å²) in [4.78, 5) is 2.58. The highest BCUT2D eigenvalue weighted by atomic mass is 15.1. The molecule has 0 N–H and O–H groups in total. The quantitative estimate of drug-likeness (QED) is 0.155. The number of para-hydroxylation sites is 3. The molecule has 12 aromatic carbocycles. The number of fused-ring (bicyclic) bond motifs is 15. The summed E-state index contributed by atoms with van der Waals surface area (Å²) in [5, 5.41) is 2.45. The van der Waals surface area contributed by atoms with Crippen LogP contribution in [0.5, 0.6) is 0 Å². The lowest BCUT2D eigenvalue weighted by atomic mass is 9.65. The normalized spacial score (nSPS) is 13.7. The first-order chi connectivity index (χ1) is 37.7. The monoisotopic (exact) mass is 964 g/mol. The second-order valence-electron chi connectivity index (χ2n) is 20.7. The first kappa shape index (κ1) is 42.7. The zero-order valence-electron chi connectivity index (χ0n) is 41.6. The third-order valence-corrected chi connectivity index (χ3v) is 17.0. The smallest absolute Gasteiger partial charge is 0.0755 e. The number of rotatable bonds is 7. The van der Waals surface area contributed by atoms with Gasteiger partial charge in [0.2, 0.25) is 0 Å². The highest BCUT2D eigenvalue weighted by Gasteiger charge is 2.51. The predicted octanol–water partition coefficient (Wildman–Crippen LogP) is 18.6. The number of hydrogen-bond acceptors (Lipinski definition) is 1. The minimum absolute atomic E-state index is 0.589. The van der Waals surface area contributed by atoms with E-state index in [1.54, 1.807) is 0 Å². The van der Waals surface area contributed by atoms with Crippen LogP contribution in [0.4, 0.5) is 17.1 Å². The van der Waals surface area contributed by atoms with Crippen molar-refractivity contribution < 1.29 is 0 Å². The van der Waals surface area contributed by atoms with Gasteiger partial charge in [-0.25, -0.2) is 0 Å². The van der Waals surface area contributed by atoms with Crippen molar-refractivity contribution in [2.24, 2.45) is 0 Å². The maximum Gasteiger partial charge on any atom is 0.0755 e. The molecule has 1 aliphatic heterocycles. The Labute approximate surface area is 442 Å². The van der Waals surface area contributed by atoms with Gasteiger partial charge in [0.1, 0.15) is 0 Å². The average Bonchev–Trinajstić information content (AvgIpc) is 4.31. The number of hydrogen-bond donors (Lipinski definition) is 0. The van der Waals surface area contributed by atoms with E-state index in [4.69, 9.17) is 0 Å². The molecule has 2 heteroatoms. The summed E-state index contributed by atoms with van der Waals surface area (Å²) < 4.78 is 2.56. The fraction of sp³-hybridized carbons (Fsp3) is 0.0270. The van der Waals surface area contributed by atoms with Crippen molar-refractivity contribution in [1.82, 2.24) is 4.57 Å². The third-order valence-electron chi connectivity index (χ3n) is 17.0. The minimum atomic E-state index is -0.618. The first-order valence-corrected chi connectivity index (χ1v) is 26.5. The fourth-order valence-corrected chi connectivity index (χ4v) is 14.1. The van der Waals surface area contributed by atoms with Gasteiger partial charge in [-0.2, -0.15) is 0 Å². The van der Waals surface area contributed by atoms with E-state index in [1.807, 2.05) is 0 Å². The summed E-state index contributed by atoms with van der Waals surface area (Å²) in [7, 11) is 0. The number of benzene rings is 12. The lowest BCUT2D eigenvalue weighted by molar-refractivity contribution is 0.748. The van der Waals surface area contributed by atoms with Crippen LogP contribution in [0, 0.1) is 0 Å². The number of anilines is 3. The van der Waals surface area contributed by atoms with Crippen molar-refractivity contribution in [2.75, 3.05) is 4.90 Å². The van der Waals surface area contributed by atoms with E-state index in [1.165, 1.54) is 105 Å². The van der Waals surface area contributed by atoms with Gasteiger partial charge in [-0.1, -0.05) is 243 Å². The van der Waals surface area contributed by atoms with Crippen molar-refractivity contribution in [3.05, 3.63) is 336 Å². The molecule has 0 bridgehead atoms. The van der Waals surface area contributed by atoms with Crippen LogP contribution >= 0.6 is 0 Å². The molecule has 0 saturated heterocycles. The second-order valence-corrected chi connectivity index (χ2v) is 20.7. The van der Waals surface area contributed by atoms with E-state index in [0.29, 0.717) is 0 Å². The van der Waals surface area contributed by atoms with Gasteiger partial charge in [-0.05, 0) is 132 Å². The highest BCUT2D eigenvalue weighted by Crippen LogP contribution is 2.63. The van der Waals surface area contributed by atoms with Crippen molar-refractivity contribution in [2.45, 2.75) is 10.8 Å². The molecule has 0 fully saturated rings. The molecule has 13 aromatic rings. The third kappa shape index (κ3) is 5.76. The molecule has 2 aliphatic carbocycles. The van der Waals surface area contributed by atoms with Gasteiger partial charge in [0.25, 0.3) is 0 Å². The molecular formula is C74H48N2. The van der Waals surface area contributed by atoms with E-state index in [2.05, 4.69) is 301 Å². The van der Waals surface area contributed by atoms with Crippen LogP contribution in [0.3, 0.4) is 0 Å². The fourth-order valence-electron chi connectivity index (χ4n) is 14.1. The maximum absolute atomic E-state index is 2.58. The Morgan fingerprint density at radius 3 is 1.46 bits per heavy atom. The standard InChI is InChI=1S/C74H48N2/c1-4-23-49(24-5-1)50-25-22-26-51(45-50)56-31-13-19-40-69(56)75(54-43-44-60-59-34-10-15-36-63(59)73(67(60)47-54,52-27-6-2-7-28-52)53-29-8-3-9-30-53)55-46-62-61-35-14-20-41-70(61)76-71-42-21-18-39-66(71)74(68(48-55)72(62)76)64-37-16-11-32-57(64)58-33-12-17-38-65(58)74/h1-48H. The van der Waals surface area contributed by atoms with Crippen molar-refractivity contribution in [3.63, 3.8) is 0 Å². The Balaban J connectivity index is 1.04. The molecule has 0 radical (unpaired) electrons. The Morgan fingerprint density at radius 1 is 0.276 bits per heavy atom. The lowest BCUT2D eigenvalue weighted by Gasteiger charge is -2.40. The Hall–Kier alpha value is -9.76. The first-order valence-electron chi connectivity index (χ1n) is 26.5.